The predicted octanol–water partition coefficient (Wildman–Crippen LogP) is 2.96. The van der Waals surface area contributed by atoms with Gasteiger partial charge >= 0.3 is 0 Å². The number of ether oxygens (including phenoxy) is 2. The summed E-state index contributed by atoms with van der Waals surface area (Å²) in [7, 11) is 3.32. The van der Waals surface area contributed by atoms with E-state index in [0.29, 0.717) is 0 Å². The molecule has 3 nitrogen and oxygen atoms in total. The normalized spacial score (nSPS) is 14.8. The fourth-order valence-electron chi connectivity index (χ4n) is 2.33. The summed E-state index contributed by atoms with van der Waals surface area (Å²) in [4.78, 5) is 0. The van der Waals surface area contributed by atoms with Crippen LogP contribution in [0.3, 0.4) is 0 Å². The first-order valence-electron chi connectivity index (χ1n) is 6.37. The molecule has 0 aromatic heterocycles. The van der Waals surface area contributed by atoms with Crippen LogP contribution in [0.1, 0.15) is 36.6 Å². The molecule has 0 saturated heterocycles. The number of hydrogen-bond donors (Lipinski definition) is 1. The minimum Gasteiger partial charge on any atom is -0.354 e. The summed E-state index contributed by atoms with van der Waals surface area (Å²) in [5, 5.41) is 3.50. The molecule has 0 radical (unpaired) electrons. The molecule has 1 aromatic rings. The molecule has 0 fully saturated rings. The highest BCUT2D eigenvalue weighted by Crippen LogP contribution is 2.17. The lowest BCUT2D eigenvalue weighted by Crippen LogP contribution is -2.40. The molecule has 0 bridgehead atoms. The Balaban J connectivity index is 2.72. The highest BCUT2D eigenvalue weighted by molar-refractivity contribution is 5.30. The Morgan fingerprint density at radius 1 is 0.944 bits per heavy atom. The first-order chi connectivity index (χ1) is 8.47. The molecule has 3 heteroatoms. The summed E-state index contributed by atoms with van der Waals surface area (Å²) in [5.41, 5.74) is 3.88. The molecule has 1 N–H and O–H groups in total. The Morgan fingerprint density at radius 3 is 1.89 bits per heavy atom. The lowest BCUT2D eigenvalue weighted by Gasteiger charge is -2.26. The lowest BCUT2D eigenvalue weighted by molar-refractivity contribution is -0.120. The largest absolute Gasteiger partial charge is 0.354 e. The molecule has 102 valence electrons. The minimum atomic E-state index is -0.224. The van der Waals surface area contributed by atoms with Crippen LogP contribution in [0.2, 0.25) is 0 Å². The number of aryl methyl sites for hydroxylation is 2. The van der Waals surface area contributed by atoms with E-state index < -0.39 is 0 Å². The van der Waals surface area contributed by atoms with Crippen molar-refractivity contribution in [3.63, 3.8) is 0 Å². The van der Waals surface area contributed by atoms with Gasteiger partial charge in [-0.15, -0.1) is 0 Å². The van der Waals surface area contributed by atoms with Crippen molar-refractivity contribution < 1.29 is 9.47 Å². The molecule has 1 aromatic carbocycles. The number of rotatable bonds is 6. The van der Waals surface area contributed by atoms with Crippen LogP contribution in [0.5, 0.6) is 0 Å². The van der Waals surface area contributed by atoms with E-state index in [9.17, 15) is 0 Å². The highest BCUT2D eigenvalue weighted by atomic mass is 16.7. The second-order valence-corrected chi connectivity index (χ2v) is 4.94. The Hall–Kier alpha value is -0.900. The van der Waals surface area contributed by atoms with Crippen molar-refractivity contribution in [1.29, 1.82) is 0 Å². The SMILES string of the molecule is COC(OC)C(C)NC(C)c1cc(C)cc(C)c1. The molecular formula is C15H25NO2. The van der Waals surface area contributed by atoms with Crippen LogP contribution in [0.25, 0.3) is 0 Å². The molecule has 0 spiro atoms. The molecule has 1 rings (SSSR count). The Kier molecular flexibility index (Phi) is 5.79. The summed E-state index contributed by atoms with van der Waals surface area (Å²) in [6, 6.07) is 7.02. The van der Waals surface area contributed by atoms with Crippen molar-refractivity contribution in [3.05, 3.63) is 34.9 Å². The number of hydrogen-bond acceptors (Lipinski definition) is 3. The van der Waals surface area contributed by atoms with Gasteiger partial charge in [-0.1, -0.05) is 29.3 Å². The lowest BCUT2D eigenvalue weighted by atomic mass is 10.0. The molecule has 0 amide bonds. The van der Waals surface area contributed by atoms with Crippen molar-refractivity contribution in [3.8, 4) is 0 Å². The number of nitrogens with one attached hydrogen (secondary N) is 1. The molecule has 0 aliphatic rings. The average Bonchev–Trinajstić information content (AvgIpc) is 2.29. The molecular weight excluding hydrogens is 226 g/mol. The second kappa shape index (κ2) is 6.88. The molecule has 0 aliphatic carbocycles. The number of methoxy groups -OCH3 is 2. The second-order valence-electron chi connectivity index (χ2n) is 4.94. The van der Waals surface area contributed by atoms with Crippen molar-refractivity contribution in [1.82, 2.24) is 5.32 Å². The zero-order valence-electron chi connectivity index (χ0n) is 12.3. The third-order valence-corrected chi connectivity index (χ3v) is 3.13. The van der Waals surface area contributed by atoms with E-state index >= 15 is 0 Å². The molecule has 2 atom stereocenters. The van der Waals surface area contributed by atoms with E-state index in [-0.39, 0.29) is 18.4 Å². The first kappa shape index (κ1) is 15.2. The van der Waals surface area contributed by atoms with E-state index in [2.05, 4.69) is 51.2 Å². The van der Waals surface area contributed by atoms with Crippen molar-refractivity contribution >= 4 is 0 Å². The van der Waals surface area contributed by atoms with E-state index in [1.807, 2.05) is 0 Å². The number of benzene rings is 1. The predicted molar refractivity (Wildman–Crippen MR) is 74.7 cm³/mol. The van der Waals surface area contributed by atoms with Crippen molar-refractivity contribution in [2.75, 3.05) is 14.2 Å². The standard InChI is InChI=1S/C15H25NO2/c1-10-7-11(2)9-14(8-10)12(3)16-13(4)15(17-5)18-6/h7-9,12-13,15-16H,1-6H3. The van der Waals surface area contributed by atoms with Crippen LogP contribution in [-0.4, -0.2) is 26.6 Å². The summed E-state index contributed by atoms with van der Waals surface area (Å²) < 4.78 is 10.5. The van der Waals surface area contributed by atoms with Crippen LogP contribution in [0.15, 0.2) is 18.2 Å². The van der Waals surface area contributed by atoms with Gasteiger partial charge in [0.15, 0.2) is 6.29 Å². The van der Waals surface area contributed by atoms with Gasteiger partial charge in [0.25, 0.3) is 0 Å². The summed E-state index contributed by atoms with van der Waals surface area (Å²) in [6.07, 6.45) is -0.224. The van der Waals surface area contributed by atoms with Gasteiger partial charge in [-0.05, 0) is 33.3 Å². The van der Waals surface area contributed by atoms with Gasteiger partial charge in [0.1, 0.15) is 0 Å². The average molecular weight is 251 g/mol. The Bertz CT molecular complexity index is 355. The van der Waals surface area contributed by atoms with E-state index in [1.165, 1.54) is 16.7 Å². The van der Waals surface area contributed by atoms with E-state index in [1.54, 1.807) is 14.2 Å². The molecule has 0 aliphatic heterocycles. The zero-order chi connectivity index (χ0) is 13.7. The monoisotopic (exact) mass is 251 g/mol. The van der Waals surface area contributed by atoms with Gasteiger partial charge in [-0.3, -0.25) is 0 Å². The quantitative estimate of drug-likeness (QED) is 0.788. The van der Waals surface area contributed by atoms with Crippen molar-refractivity contribution in [2.24, 2.45) is 0 Å². The van der Waals surface area contributed by atoms with Crippen LogP contribution in [0.4, 0.5) is 0 Å². The summed E-state index contributed by atoms with van der Waals surface area (Å²) in [6.45, 7) is 8.48. The van der Waals surface area contributed by atoms with Gasteiger partial charge in [-0.25, -0.2) is 0 Å². The fourth-order valence-corrected chi connectivity index (χ4v) is 2.33. The summed E-state index contributed by atoms with van der Waals surface area (Å²) in [5.74, 6) is 0. The van der Waals surface area contributed by atoms with Gasteiger partial charge in [-0.2, -0.15) is 0 Å². The van der Waals surface area contributed by atoms with Gasteiger partial charge in [0.05, 0.1) is 6.04 Å². The van der Waals surface area contributed by atoms with Gasteiger partial charge in [0, 0.05) is 20.3 Å². The maximum Gasteiger partial charge on any atom is 0.171 e. The van der Waals surface area contributed by atoms with Crippen LogP contribution in [0, 0.1) is 13.8 Å². The topological polar surface area (TPSA) is 30.5 Å². The molecule has 0 heterocycles. The third-order valence-electron chi connectivity index (χ3n) is 3.13. The van der Waals surface area contributed by atoms with E-state index in [0.717, 1.165) is 0 Å². The Morgan fingerprint density at radius 2 is 1.44 bits per heavy atom. The van der Waals surface area contributed by atoms with Crippen LogP contribution < -0.4 is 5.32 Å². The fraction of sp³-hybridized carbons (Fsp3) is 0.600. The van der Waals surface area contributed by atoms with Crippen LogP contribution >= 0.6 is 0 Å². The molecule has 18 heavy (non-hydrogen) atoms. The van der Waals surface area contributed by atoms with E-state index in [4.69, 9.17) is 9.47 Å². The molecule has 0 saturated carbocycles. The summed E-state index contributed by atoms with van der Waals surface area (Å²) >= 11 is 0. The smallest absolute Gasteiger partial charge is 0.171 e. The van der Waals surface area contributed by atoms with Gasteiger partial charge < -0.3 is 14.8 Å². The Labute approximate surface area is 110 Å². The third kappa shape index (κ3) is 4.09. The molecule has 2 unspecified atom stereocenters. The first-order valence-corrected chi connectivity index (χ1v) is 6.37. The maximum absolute atomic E-state index is 5.26. The van der Waals surface area contributed by atoms with Crippen LogP contribution in [-0.2, 0) is 9.47 Å². The van der Waals surface area contributed by atoms with Gasteiger partial charge in [0.2, 0.25) is 0 Å². The maximum atomic E-state index is 5.26. The highest BCUT2D eigenvalue weighted by Gasteiger charge is 2.18. The van der Waals surface area contributed by atoms with Crippen molar-refractivity contribution in [2.45, 2.75) is 46.1 Å². The minimum absolute atomic E-state index is 0.135. The zero-order valence-corrected chi connectivity index (χ0v) is 12.3.